The predicted molar refractivity (Wildman–Crippen MR) is 98.9 cm³/mol. The second kappa shape index (κ2) is 8.39. The van der Waals surface area contributed by atoms with Gasteiger partial charge in [0.25, 0.3) is 0 Å². The SMILES string of the molecule is COc1cc[n+](CC#Cc2ccccc2C#Cc2ccccc2)cc1. The molecule has 0 saturated carbocycles. The van der Waals surface area contributed by atoms with Crippen molar-refractivity contribution in [2.45, 2.75) is 6.54 Å². The molecule has 0 unspecified atom stereocenters. The van der Waals surface area contributed by atoms with E-state index in [9.17, 15) is 0 Å². The molecule has 0 aliphatic carbocycles. The van der Waals surface area contributed by atoms with Gasteiger partial charge < -0.3 is 4.74 Å². The van der Waals surface area contributed by atoms with Gasteiger partial charge in [-0.15, -0.1) is 0 Å². The summed E-state index contributed by atoms with van der Waals surface area (Å²) in [4.78, 5) is 0. The Morgan fingerprint density at radius 2 is 1.40 bits per heavy atom. The molecule has 0 N–H and O–H groups in total. The van der Waals surface area contributed by atoms with Crippen molar-refractivity contribution in [3.63, 3.8) is 0 Å². The monoisotopic (exact) mass is 324 g/mol. The lowest BCUT2D eigenvalue weighted by Gasteiger charge is -1.96. The third-order valence-corrected chi connectivity index (χ3v) is 3.62. The number of aromatic nitrogens is 1. The minimum atomic E-state index is 0.616. The lowest BCUT2D eigenvalue weighted by molar-refractivity contribution is -0.684. The Hall–Kier alpha value is -3.49. The fourth-order valence-electron chi connectivity index (χ4n) is 2.27. The fraction of sp³-hybridized carbons (Fsp3) is 0.0870. The van der Waals surface area contributed by atoms with Crippen molar-refractivity contribution in [3.05, 3.63) is 95.8 Å². The third kappa shape index (κ3) is 4.74. The van der Waals surface area contributed by atoms with E-state index in [1.54, 1.807) is 7.11 Å². The molecular weight excluding hydrogens is 306 g/mol. The maximum absolute atomic E-state index is 5.16. The smallest absolute Gasteiger partial charge is 0.209 e. The van der Waals surface area contributed by atoms with Gasteiger partial charge in [0.2, 0.25) is 6.54 Å². The number of nitrogens with zero attached hydrogens (tertiary/aromatic N) is 1. The van der Waals surface area contributed by atoms with Crippen LogP contribution in [0.2, 0.25) is 0 Å². The number of benzene rings is 2. The molecule has 2 aromatic carbocycles. The topological polar surface area (TPSA) is 13.1 Å². The van der Waals surface area contributed by atoms with Crippen LogP contribution in [-0.4, -0.2) is 7.11 Å². The van der Waals surface area contributed by atoms with Crippen molar-refractivity contribution in [1.82, 2.24) is 0 Å². The Balaban J connectivity index is 1.76. The van der Waals surface area contributed by atoms with E-state index in [0.29, 0.717) is 6.54 Å². The average Bonchev–Trinajstić information content (AvgIpc) is 2.68. The molecule has 0 fully saturated rings. The first kappa shape index (κ1) is 16.4. The molecule has 0 radical (unpaired) electrons. The Morgan fingerprint density at radius 3 is 2.08 bits per heavy atom. The molecule has 25 heavy (non-hydrogen) atoms. The molecule has 1 aromatic heterocycles. The highest BCUT2D eigenvalue weighted by atomic mass is 16.5. The van der Waals surface area contributed by atoms with Gasteiger partial charge in [-0.3, -0.25) is 0 Å². The summed E-state index contributed by atoms with van der Waals surface area (Å²) in [6.45, 7) is 0.616. The van der Waals surface area contributed by atoms with Crippen LogP contribution in [0.1, 0.15) is 16.7 Å². The maximum Gasteiger partial charge on any atom is 0.209 e. The lowest BCUT2D eigenvalue weighted by Crippen LogP contribution is -2.31. The number of hydrogen-bond acceptors (Lipinski definition) is 1. The summed E-state index contributed by atoms with van der Waals surface area (Å²) in [6.07, 6.45) is 3.91. The first-order chi connectivity index (χ1) is 12.3. The molecule has 3 aromatic rings. The van der Waals surface area contributed by atoms with E-state index >= 15 is 0 Å². The van der Waals surface area contributed by atoms with E-state index in [1.165, 1.54) is 0 Å². The third-order valence-electron chi connectivity index (χ3n) is 3.62. The summed E-state index contributed by atoms with van der Waals surface area (Å²) in [5, 5.41) is 0. The summed E-state index contributed by atoms with van der Waals surface area (Å²) in [5.41, 5.74) is 2.89. The van der Waals surface area contributed by atoms with Crippen LogP contribution in [0.5, 0.6) is 5.75 Å². The highest BCUT2D eigenvalue weighted by Crippen LogP contribution is 2.06. The Labute approximate surface area is 148 Å². The fourth-order valence-corrected chi connectivity index (χ4v) is 2.27. The molecule has 2 nitrogen and oxygen atoms in total. The van der Waals surface area contributed by atoms with Crippen LogP contribution in [0.3, 0.4) is 0 Å². The van der Waals surface area contributed by atoms with Gasteiger partial charge >= 0.3 is 0 Å². The van der Waals surface area contributed by atoms with Crippen molar-refractivity contribution >= 4 is 0 Å². The van der Waals surface area contributed by atoms with E-state index < -0.39 is 0 Å². The Morgan fingerprint density at radius 1 is 0.760 bits per heavy atom. The van der Waals surface area contributed by atoms with Crippen LogP contribution >= 0.6 is 0 Å². The molecule has 2 heteroatoms. The average molecular weight is 324 g/mol. The second-order valence-corrected chi connectivity index (χ2v) is 5.37. The van der Waals surface area contributed by atoms with E-state index in [-0.39, 0.29) is 0 Å². The first-order valence-corrected chi connectivity index (χ1v) is 8.03. The maximum atomic E-state index is 5.16. The van der Waals surface area contributed by atoms with Gasteiger partial charge in [-0.05, 0) is 30.2 Å². The minimum Gasteiger partial charge on any atom is -0.496 e. The molecule has 1 heterocycles. The molecule has 0 aliphatic heterocycles. The van der Waals surface area contributed by atoms with Gasteiger partial charge in [-0.1, -0.05) is 48.1 Å². The minimum absolute atomic E-state index is 0.616. The first-order valence-electron chi connectivity index (χ1n) is 8.03. The number of methoxy groups -OCH3 is 1. The van der Waals surface area contributed by atoms with E-state index in [0.717, 1.165) is 22.4 Å². The summed E-state index contributed by atoms with van der Waals surface area (Å²) in [6, 6.07) is 21.8. The van der Waals surface area contributed by atoms with Crippen LogP contribution in [0, 0.1) is 23.7 Å². The summed E-state index contributed by atoms with van der Waals surface area (Å²) < 4.78 is 7.17. The Bertz CT molecular complexity index is 952. The van der Waals surface area contributed by atoms with Gasteiger partial charge in [-0.2, -0.15) is 4.57 Å². The quantitative estimate of drug-likeness (QED) is 0.520. The number of pyridine rings is 1. The molecule has 0 aliphatic rings. The van der Waals surface area contributed by atoms with Gasteiger partial charge in [0.15, 0.2) is 12.4 Å². The van der Waals surface area contributed by atoms with Crippen molar-refractivity contribution in [2.75, 3.05) is 7.11 Å². The second-order valence-electron chi connectivity index (χ2n) is 5.37. The van der Waals surface area contributed by atoms with Gasteiger partial charge in [0.05, 0.1) is 7.11 Å². The van der Waals surface area contributed by atoms with Crippen molar-refractivity contribution in [1.29, 1.82) is 0 Å². The van der Waals surface area contributed by atoms with Crippen molar-refractivity contribution in [2.24, 2.45) is 0 Å². The van der Waals surface area contributed by atoms with Crippen LogP contribution in [0.15, 0.2) is 79.1 Å². The largest absolute Gasteiger partial charge is 0.496 e. The normalized spacial score (nSPS) is 9.32. The zero-order valence-electron chi connectivity index (χ0n) is 14.1. The number of ether oxygens (including phenoxy) is 1. The predicted octanol–water partition coefficient (Wildman–Crippen LogP) is 3.43. The van der Waals surface area contributed by atoms with Crippen LogP contribution in [0.25, 0.3) is 0 Å². The van der Waals surface area contributed by atoms with E-state index in [4.69, 9.17) is 4.74 Å². The summed E-state index contributed by atoms with van der Waals surface area (Å²) in [7, 11) is 1.66. The Kier molecular flexibility index (Phi) is 5.49. The van der Waals surface area contributed by atoms with Gasteiger partial charge in [0, 0.05) is 28.8 Å². The summed E-state index contributed by atoms with van der Waals surface area (Å²) >= 11 is 0. The molecule has 0 atom stereocenters. The zero-order valence-corrected chi connectivity index (χ0v) is 14.1. The zero-order chi connectivity index (χ0) is 17.3. The molecule has 120 valence electrons. The van der Waals surface area contributed by atoms with Gasteiger partial charge in [-0.25, -0.2) is 0 Å². The van der Waals surface area contributed by atoms with E-state index in [1.807, 2.05) is 83.7 Å². The molecule has 0 saturated heterocycles. The number of rotatable bonds is 2. The highest BCUT2D eigenvalue weighted by molar-refractivity contribution is 5.52. The molecule has 0 spiro atoms. The van der Waals surface area contributed by atoms with E-state index in [2.05, 4.69) is 23.7 Å². The van der Waals surface area contributed by atoms with Crippen LogP contribution < -0.4 is 9.30 Å². The summed E-state index contributed by atoms with van der Waals surface area (Å²) in [5.74, 6) is 13.7. The number of hydrogen-bond donors (Lipinski definition) is 0. The highest BCUT2D eigenvalue weighted by Gasteiger charge is 1.98. The molecule has 0 amide bonds. The van der Waals surface area contributed by atoms with Crippen molar-refractivity contribution in [3.8, 4) is 29.4 Å². The van der Waals surface area contributed by atoms with Gasteiger partial charge in [0.1, 0.15) is 5.75 Å². The molecule has 0 bridgehead atoms. The van der Waals surface area contributed by atoms with Crippen LogP contribution in [0.4, 0.5) is 0 Å². The lowest BCUT2D eigenvalue weighted by atomic mass is 10.1. The van der Waals surface area contributed by atoms with Crippen molar-refractivity contribution < 1.29 is 9.30 Å². The molecule has 3 rings (SSSR count). The molecular formula is C23H18NO+. The standard InChI is InChI=1S/C23H18NO/c1-25-23-15-18-24(19-16-23)17-7-12-21-10-5-6-11-22(21)14-13-20-8-3-2-4-9-20/h2-6,8-11,15-16,18-19H,17H2,1H3/q+1. The van der Waals surface area contributed by atoms with Crippen LogP contribution in [-0.2, 0) is 6.54 Å².